The molecule has 1 unspecified atom stereocenters. The molecule has 0 radical (unpaired) electrons. The van der Waals surface area contributed by atoms with E-state index in [9.17, 15) is 17.8 Å². The van der Waals surface area contributed by atoms with Gasteiger partial charge in [-0.2, -0.15) is 0 Å². The first-order valence-electron chi connectivity index (χ1n) is 10.2. The molecule has 1 aromatic carbocycles. The quantitative estimate of drug-likeness (QED) is 0.422. The third kappa shape index (κ3) is 8.29. The summed E-state index contributed by atoms with van der Waals surface area (Å²) in [6.07, 6.45) is 3.78. The van der Waals surface area contributed by atoms with E-state index in [2.05, 4.69) is 26.3 Å². The molecule has 0 aliphatic heterocycles. The van der Waals surface area contributed by atoms with Gasteiger partial charge in [0.1, 0.15) is 10.1 Å². The van der Waals surface area contributed by atoms with Crippen molar-refractivity contribution in [3.05, 3.63) is 29.8 Å². The topological polar surface area (TPSA) is 86.3 Å². The SMILES string of the molecule is CCCC[N+](C)(C)CCNC(=O)C(CC)C[C@@H](C)c1ccc(S(=O)(=O)[O-])cc1. The van der Waals surface area contributed by atoms with Gasteiger partial charge >= 0.3 is 0 Å². The fourth-order valence-corrected chi connectivity index (χ4v) is 3.78. The maximum atomic E-state index is 12.6. The van der Waals surface area contributed by atoms with Crippen LogP contribution in [-0.2, 0) is 14.9 Å². The van der Waals surface area contributed by atoms with Gasteiger partial charge in [-0.25, -0.2) is 8.42 Å². The Labute approximate surface area is 170 Å². The first-order valence-corrected chi connectivity index (χ1v) is 11.6. The number of quaternary nitrogens is 1. The second-order valence-electron chi connectivity index (χ2n) is 8.29. The number of amides is 1. The van der Waals surface area contributed by atoms with Crippen molar-refractivity contribution in [3.8, 4) is 0 Å². The number of nitrogens with zero attached hydrogens (tertiary/aromatic N) is 1. The number of hydrogen-bond acceptors (Lipinski definition) is 4. The van der Waals surface area contributed by atoms with Gasteiger partial charge in [-0.15, -0.1) is 0 Å². The van der Waals surface area contributed by atoms with Gasteiger partial charge in [0, 0.05) is 5.92 Å². The molecule has 28 heavy (non-hydrogen) atoms. The highest BCUT2D eigenvalue weighted by molar-refractivity contribution is 7.85. The van der Waals surface area contributed by atoms with Crippen molar-refractivity contribution in [2.75, 3.05) is 33.7 Å². The molecule has 0 heterocycles. The summed E-state index contributed by atoms with van der Waals surface area (Å²) in [5, 5.41) is 3.08. The maximum Gasteiger partial charge on any atom is 0.223 e. The molecule has 6 nitrogen and oxygen atoms in total. The van der Waals surface area contributed by atoms with Crippen LogP contribution in [0.4, 0.5) is 0 Å². The predicted molar refractivity (Wildman–Crippen MR) is 111 cm³/mol. The van der Waals surface area contributed by atoms with Crippen molar-refractivity contribution in [1.82, 2.24) is 5.32 Å². The van der Waals surface area contributed by atoms with E-state index in [1.165, 1.54) is 25.0 Å². The summed E-state index contributed by atoms with van der Waals surface area (Å²) in [7, 11) is -0.0556. The van der Waals surface area contributed by atoms with E-state index in [1.54, 1.807) is 12.1 Å². The minimum atomic E-state index is -4.43. The number of nitrogens with one attached hydrogen (secondary N) is 1. The van der Waals surface area contributed by atoms with Crippen LogP contribution in [0, 0.1) is 5.92 Å². The molecular weight excluding hydrogens is 376 g/mol. The summed E-state index contributed by atoms with van der Waals surface area (Å²) in [6.45, 7) is 8.88. The highest BCUT2D eigenvalue weighted by atomic mass is 32.2. The zero-order valence-corrected chi connectivity index (χ0v) is 18.7. The fourth-order valence-electron chi connectivity index (χ4n) is 3.31. The lowest BCUT2D eigenvalue weighted by atomic mass is 9.88. The third-order valence-electron chi connectivity index (χ3n) is 5.37. The normalized spacial score (nSPS) is 14.5. The standard InChI is InChI=1S/C21H36N2O4S/c1-6-8-14-23(4,5)15-13-22-21(24)18(7-2)16-17(3)19-9-11-20(12-10-19)28(25,26)27/h9-12,17-18H,6-8,13-16H2,1-5H3,(H-,22,24,25,26,27)/t17-,18?/m1/s1. The molecular formula is C21H36N2O4S. The highest BCUT2D eigenvalue weighted by Crippen LogP contribution is 2.26. The summed E-state index contributed by atoms with van der Waals surface area (Å²) >= 11 is 0. The molecule has 2 atom stereocenters. The lowest BCUT2D eigenvalue weighted by Crippen LogP contribution is -2.46. The molecule has 0 fully saturated rings. The highest BCUT2D eigenvalue weighted by Gasteiger charge is 2.21. The number of unbranched alkanes of at least 4 members (excludes halogenated alkanes) is 1. The van der Waals surface area contributed by atoms with E-state index in [1.807, 2.05) is 13.8 Å². The molecule has 7 heteroatoms. The Bertz CT molecular complexity index is 714. The Morgan fingerprint density at radius 3 is 2.25 bits per heavy atom. The van der Waals surface area contributed by atoms with Crippen LogP contribution in [0.2, 0.25) is 0 Å². The average molecular weight is 413 g/mol. The van der Waals surface area contributed by atoms with E-state index < -0.39 is 10.1 Å². The van der Waals surface area contributed by atoms with Crippen LogP contribution in [0.25, 0.3) is 0 Å². The summed E-state index contributed by atoms with van der Waals surface area (Å²) in [5.41, 5.74) is 0.927. The van der Waals surface area contributed by atoms with Gasteiger partial charge in [0.25, 0.3) is 0 Å². The van der Waals surface area contributed by atoms with Gasteiger partial charge in [-0.3, -0.25) is 4.79 Å². The number of likely N-dealkylation sites (N-methyl/N-ethyl adjacent to an activating group) is 1. The minimum Gasteiger partial charge on any atom is -0.744 e. The molecule has 1 N–H and O–H groups in total. The van der Waals surface area contributed by atoms with E-state index in [4.69, 9.17) is 0 Å². The van der Waals surface area contributed by atoms with Gasteiger partial charge in [-0.05, 0) is 42.9 Å². The first kappa shape index (κ1) is 24.6. The second-order valence-corrected chi connectivity index (χ2v) is 9.67. The number of carbonyl (C=O) groups is 1. The van der Waals surface area contributed by atoms with Crippen LogP contribution in [0.15, 0.2) is 29.2 Å². The van der Waals surface area contributed by atoms with Gasteiger partial charge in [0.05, 0.1) is 38.6 Å². The molecule has 0 aromatic heterocycles. The molecule has 1 rings (SSSR count). The Kier molecular flexibility index (Phi) is 9.60. The van der Waals surface area contributed by atoms with Crippen molar-refractivity contribution in [2.45, 2.75) is 57.3 Å². The van der Waals surface area contributed by atoms with Gasteiger partial charge in [0.15, 0.2) is 0 Å². The predicted octanol–water partition coefficient (Wildman–Crippen LogP) is 3.10. The van der Waals surface area contributed by atoms with Crippen molar-refractivity contribution in [1.29, 1.82) is 0 Å². The maximum absolute atomic E-state index is 12.6. The number of carbonyl (C=O) groups excluding carboxylic acids is 1. The van der Waals surface area contributed by atoms with Crippen molar-refractivity contribution in [2.24, 2.45) is 5.92 Å². The van der Waals surface area contributed by atoms with Crippen LogP contribution >= 0.6 is 0 Å². The molecule has 0 aliphatic carbocycles. The molecule has 0 aliphatic rings. The van der Waals surface area contributed by atoms with Crippen LogP contribution in [0.1, 0.15) is 57.9 Å². The monoisotopic (exact) mass is 412 g/mol. The average Bonchev–Trinajstić information content (AvgIpc) is 2.63. The lowest BCUT2D eigenvalue weighted by Gasteiger charge is -2.30. The van der Waals surface area contributed by atoms with Gasteiger partial charge in [0.2, 0.25) is 5.91 Å². The molecule has 0 bridgehead atoms. The Morgan fingerprint density at radius 1 is 1.14 bits per heavy atom. The zero-order valence-electron chi connectivity index (χ0n) is 17.9. The van der Waals surface area contributed by atoms with E-state index in [-0.39, 0.29) is 22.6 Å². The molecule has 0 saturated carbocycles. The molecule has 1 amide bonds. The summed E-state index contributed by atoms with van der Waals surface area (Å²) < 4.78 is 34.0. The van der Waals surface area contributed by atoms with Crippen LogP contribution in [0.3, 0.4) is 0 Å². The number of hydrogen-bond donors (Lipinski definition) is 1. The lowest BCUT2D eigenvalue weighted by molar-refractivity contribution is -0.889. The Hall–Kier alpha value is -1.44. The largest absolute Gasteiger partial charge is 0.744 e. The number of rotatable bonds is 12. The van der Waals surface area contributed by atoms with Gasteiger partial charge in [-0.1, -0.05) is 39.3 Å². The van der Waals surface area contributed by atoms with Crippen molar-refractivity contribution >= 4 is 16.0 Å². The minimum absolute atomic E-state index is 0.0728. The van der Waals surface area contributed by atoms with Crippen LogP contribution in [-0.4, -0.2) is 57.1 Å². The summed E-state index contributed by atoms with van der Waals surface area (Å²) in [6, 6.07) is 6.00. The first-order chi connectivity index (χ1) is 13.0. The van der Waals surface area contributed by atoms with Gasteiger partial charge < -0.3 is 14.4 Å². The summed E-state index contributed by atoms with van der Waals surface area (Å²) in [4.78, 5) is 12.4. The van der Waals surface area contributed by atoms with E-state index >= 15 is 0 Å². The molecule has 0 spiro atoms. The summed E-state index contributed by atoms with van der Waals surface area (Å²) in [5.74, 6) is 0.0728. The Morgan fingerprint density at radius 2 is 1.75 bits per heavy atom. The third-order valence-corrected chi connectivity index (χ3v) is 6.22. The van der Waals surface area contributed by atoms with Crippen LogP contribution < -0.4 is 5.32 Å². The molecule has 0 saturated heterocycles. The van der Waals surface area contributed by atoms with Crippen molar-refractivity contribution < 1.29 is 22.2 Å². The smallest absolute Gasteiger partial charge is 0.223 e. The van der Waals surface area contributed by atoms with E-state index in [0.29, 0.717) is 13.0 Å². The van der Waals surface area contributed by atoms with Crippen molar-refractivity contribution in [3.63, 3.8) is 0 Å². The fraction of sp³-hybridized carbons (Fsp3) is 0.667. The molecule has 1 aromatic rings. The number of benzene rings is 1. The van der Waals surface area contributed by atoms with E-state index in [0.717, 1.165) is 29.6 Å². The van der Waals surface area contributed by atoms with Crippen LogP contribution in [0.5, 0.6) is 0 Å². The Balaban J connectivity index is 2.59. The second kappa shape index (κ2) is 10.9. The zero-order chi connectivity index (χ0) is 21.4. The molecule has 160 valence electrons.